The fourth-order valence-electron chi connectivity index (χ4n) is 1.71. The number of sulfone groups is 1. The van der Waals surface area contributed by atoms with Crippen LogP contribution in [0, 0.1) is 0 Å². The molecule has 1 saturated heterocycles. The van der Waals surface area contributed by atoms with Gasteiger partial charge >= 0.3 is 0 Å². The van der Waals surface area contributed by atoms with Gasteiger partial charge in [-0.15, -0.1) is 0 Å². The van der Waals surface area contributed by atoms with E-state index >= 15 is 0 Å². The molecule has 0 aliphatic carbocycles. The summed E-state index contributed by atoms with van der Waals surface area (Å²) in [6.45, 7) is 0. The lowest BCUT2D eigenvalue weighted by molar-refractivity contribution is 0.414. The van der Waals surface area contributed by atoms with Crippen LogP contribution in [-0.2, 0) is 9.84 Å². The van der Waals surface area contributed by atoms with E-state index in [-0.39, 0.29) is 17.5 Å². The van der Waals surface area contributed by atoms with E-state index in [4.69, 9.17) is 17.3 Å². The van der Waals surface area contributed by atoms with Crippen LogP contribution in [0.15, 0.2) is 6.20 Å². The van der Waals surface area contributed by atoms with Crippen molar-refractivity contribution in [2.45, 2.75) is 18.9 Å². The second-order valence-corrected chi connectivity index (χ2v) is 6.44. The minimum absolute atomic E-state index is 0.100. The second-order valence-electron chi connectivity index (χ2n) is 3.73. The van der Waals surface area contributed by atoms with Crippen molar-refractivity contribution in [1.29, 1.82) is 0 Å². The first kappa shape index (κ1) is 10.8. The molecule has 1 fully saturated rings. The highest BCUT2D eigenvalue weighted by atomic mass is 35.5. The van der Waals surface area contributed by atoms with Crippen LogP contribution in [0.25, 0.3) is 0 Å². The van der Waals surface area contributed by atoms with E-state index in [1.54, 1.807) is 10.9 Å². The predicted octanol–water partition coefficient (Wildman–Crippen LogP) is 0.868. The average molecular weight is 250 g/mol. The molecule has 2 rings (SSSR count). The fraction of sp³-hybridized carbons (Fsp3) is 0.625. The molecule has 0 aromatic carbocycles. The Morgan fingerprint density at radius 2 is 2.07 bits per heavy atom. The molecular formula is C8H12ClN3O2S. The third kappa shape index (κ3) is 2.26. The van der Waals surface area contributed by atoms with Crippen molar-refractivity contribution in [3.05, 3.63) is 11.2 Å². The maximum Gasteiger partial charge on any atom is 0.164 e. The molecule has 2 N–H and O–H groups in total. The summed E-state index contributed by atoms with van der Waals surface area (Å²) >= 11 is 5.78. The van der Waals surface area contributed by atoms with Crippen LogP contribution in [0.1, 0.15) is 18.9 Å². The van der Waals surface area contributed by atoms with E-state index in [9.17, 15) is 8.42 Å². The Morgan fingerprint density at radius 3 is 2.53 bits per heavy atom. The first-order chi connectivity index (χ1) is 6.98. The van der Waals surface area contributed by atoms with Crippen LogP contribution < -0.4 is 5.73 Å². The standard InChI is InChI=1S/C8H12ClN3O2S/c9-7-5-12(11-8(7)10)6-1-3-15(13,14)4-2-6/h5-6H,1-4H2,(H2,10,11). The topological polar surface area (TPSA) is 78.0 Å². The van der Waals surface area contributed by atoms with E-state index in [1.807, 2.05) is 0 Å². The highest BCUT2D eigenvalue weighted by Crippen LogP contribution is 2.26. The lowest BCUT2D eigenvalue weighted by Gasteiger charge is -2.21. The van der Waals surface area contributed by atoms with Crippen LogP contribution >= 0.6 is 11.6 Å². The average Bonchev–Trinajstić information content (AvgIpc) is 2.47. The van der Waals surface area contributed by atoms with Crippen molar-refractivity contribution in [2.24, 2.45) is 0 Å². The summed E-state index contributed by atoms with van der Waals surface area (Å²) in [6, 6.07) is 0.100. The summed E-state index contributed by atoms with van der Waals surface area (Å²) in [6.07, 6.45) is 2.82. The number of rotatable bonds is 1. The molecular weight excluding hydrogens is 238 g/mol. The Kier molecular flexibility index (Phi) is 2.64. The molecule has 84 valence electrons. The minimum atomic E-state index is -2.83. The van der Waals surface area contributed by atoms with Crippen molar-refractivity contribution in [3.8, 4) is 0 Å². The Morgan fingerprint density at radius 1 is 1.47 bits per heavy atom. The summed E-state index contributed by atoms with van der Waals surface area (Å²) in [5.41, 5.74) is 5.52. The number of hydrogen-bond donors (Lipinski definition) is 1. The highest BCUT2D eigenvalue weighted by molar-refractivity contribution is 7.91. The fourth-order valence-corrected chi connectivity index (χ4v) is 3.32. The van der Waals surface area contributed by atoms with Crippen LogP contribution in [0.4, 0.5) is 5.82 Å². The molecule has 0 unspecified atom stereocenters. The van der Waals surface area contributed by atoms with Gasteiger partial charge in [0.1, 0.15) is 14.9 Å². The molecule has 1 aromatic heterocycles. The number of hydrogen-bond acceptors (Lipinski definition) is 4. The molecule has 0 radical (unpaired) electrons. The summed E-state index contributed by atoms with van der Waals surface area (Å²) in [7, 11) is -2.83. The number of anilines is 1. The molecule has 15 heavy (non-hydrogen) atoms. The lowest BCUT2D eigenvalue weighted by atomic mass is 10.2. The van der Waals surface area contributed by atoms with Gasteiger partial charge in [0.05, 0.1) is 17.5 Å². The van der Waals surface area contributed by atoms with Gasteiger partial charge < -0.3 is 5.73 Å². The summed E-state index contributed by atoms with van der Waals surface area (Å²) in [4.78, 5) is 0. The predicted molar refractivity (Wildman–Crippen MR) is 58.6 cm³/mol. The van der Waals surface area contributed by atoms with Crippen molar-refractivity contribution in [1.82, 2.24) is 9.78 Å². The first-order valence-corrected chi connectivity index (χ1v) is 6.88. The van der Waals surface area contributed by atoms with E-state index in [1.165, 1.54) is 0 Å². The van der Waals surface area contributed by atoms with Gasteiger partial charge in [0.15, 0.2) is 5.82 Å². The van der Waals surface area contributed by atoms with Crippen molar-refractivity contribution < 1.29 is 8.42 Å². The molecule has 0 amide bonds. The largest absolute Gasteiger partial charge is 0.381 e. The molecule has 7 heteroatoms. The van der Waals surface area contributed by atoms with Crippen molar-refractivity contribution in [2.75, 3.05) is 17.2 Å². The monoisotopic (exact) mass is 249 g/mol. The number of halogens is 1. The van der Waals surface area contributed by atoms with Crippen LogP contribution in [-0.4, -0.2) is 29.7 Å². The first-order valence-electron chi connectivity index (χ1n) is 4.68. The number of nitrogens with zero attached hydrogens (tertiary/aromatic N) is 2. The van der Waals surface area contributed by atoms with Gasteiger partial charge in [-0.25, -0.2) is 8.42 Å². The van der Waals surface area contributed by atoms with Crippen LogP contribution in [0.3, 0.4) is 0 Å². The number of nitrogen functional groups attached to an aromatic ring is 1. The van der Waals surface area contributed by atoms with Crippen molar-refractivity contribution >= 4 is 27.3 Å². The zero-order valence-corrected chi connectivity index (χ0v) is 9.63. The molecule has 0 spiro atoms. The minimum Gasteiger partial charge on any atom is -0.381 e. The van der Waals surface area contributed by atoms with Crippen LogP contribution in [0.2, 0.25) is 5.02 Å². The molecule has 0 atom stereocenters. The Labute approximate surface area is 93.1 Å². The van der Waals surface area contributed by atoms with Gasteiger partial charge in [0.2, 0.25) is 0 Å². The lowest BCUT2D eigenvalue weighted by Crippen LogP contribution is -2.25. The SMILES string of the molecule is Nc1nn(C2CCS(=O)(=O)CC2)cc1Cl. The van der Waals surface area contributed by atoms with E-state index < -0.39 is 9.84 Å². The quantitative estimate of drug-likeness (QED) is 0.801. The van der Waals surface area contributed by atoms with Crippen LogP contribution in [0.5, 0.6) is 0 Å². The Bertz CT molecular complexity index is 435. The normalized spacial score (nSPS) is 21.7. The molecule has 5 nitrogen and oxygen atoms in total. The molecule has 1 aliphatic heterocycles. The van der Waals surface area contributed by atoms with Gasteiger partial charge in [-0.05, 0) is 12.8 Å². The highest BCUT2D eigenvalue weighted by Gasteiger charge is 2.25. The zero-order chi connectivity index (χ0) is 11.1. The van der Waals surface area contributed by atoms with Gasteiger partial charge in [-0.2, -0.15) is 5.10 Å². The molecule has 0 saturated carbocycles. The second kappa shape index (κ2) is 3.68. The Hall–Kier alpha value is -0.750. The van der Waals surface area contributed by atoms with E-state index in [2.05, 4.69) is 5.10 Å². The van der Waals surface area contributed by atoms with E-state index in [0.717, 1.165) is 0 Å². The van der Waals surface area contributed by atoms with Gasteiger partial charge in [-0.3, -0.25) is 4.68 Å². The smallest absolute Gasteiger partial charge is 0.164 e. The van der Waals surface area contributed by atoms with Gasteiger partial charge in [-0.1, -0.05) is 11.6 Å². The summed E-state index contributed by atoms with van der Waals surface area (Å²) in [5, 5.41) is 4.47. The third-order valence-corrected chi connectivity index (χ3v) is 4.62. The summed E-state index contributed by atoms with van der Waals surface area (Å²) < 4.78 is 24.1. The third-order valence-electron chi connectivity index (χ3n) is 2.61. The van der Waals surface area contributed by atoms with Gasteiger partial charge in [0, 0.05) is 6.20 Å². The maximum atomic E-state index is 11.2. The molecule has 1 aliphatic rings. The van der Waals surface area contributed by atoms with Gasteiger partial charge in [0.25, 0.3) is 0 Å². The molecule has 2 heterocycles. The van der Waals surface area contributed by atoms with E-state index in [0.29, 0.717) is 23.7 Å². The van der Waals surface area contributed by atoms with Crippen molar-refractivity contribution in [3.63, 3.8) is 0 Å². The maximum absolute atomic E-state index is 11.2. The number of aromatic nitrogens is 2. The zero-order valence-electron chi connectivity index (χ0n) is 8.06. The Balaban J connectivity index is 2.14. The molecule has 1 aromatic rings. The number of nitrogens with two attached hydrogens (primary N) is 1. The summed E-state index contributed by atoms with van der Waals surface area (Å²) in [5.74, 6) is 0.731. The molecule has 0 bridgehead atoms.